The summed E-state index contributed by atoms with van der Waals surface area (Å²) in [5.41, 5.74) is 4.39. The van der Waals surface area contributed by atoms with E-state index in [1.54, 1.807) is 0 Å². The van der Waals surface area contributed by atoms with E-state index in [1.165, 1.54) is 5.56 Å². The van der Waals surface area contributed by atoms with Crippen LogP contribution >= 0.6 is 11.6 Å². The molecule has 4 nitrogen and oxygen atoms in total. The van der Waals surface area contributed by atoms with Gasteiger partial charge in [0.25, 0.3) is 0 Å². The van der Waals surface area contributed by atoms with Gasteiger partial charge in [-0.05, 0) is 56.9 Å². The van der Waals surface area contributed by atoms with Gasteiger partial charge in [-0.1, -0.05) is 30.7 Å². The maximum atomic E-state index is 12.9. The lowest BCUT2D eigenvalue weighted by molar-refractivity contribution is -0.134. The zero-order chi connectivity index (χ0) is 18.6. The highest BCUT2D eigenvalue weighted by Crippen LogP contribution is 2.19. The number of aryl methyl sites for hydroxylation is 2. The van der Waals surface area contributed by atoms with Gasteiger partial charge in [-0.3, -0.25) is 9.48 Å². The van der Waals surface area contributed by atoms with Crippen molar-refractivity contribution >= 4 is 17.5 Å². The summed E-state index contributed by atoms with van der Waals surface area (Å²) >= 11 is 6.09. The molecule has 2 rings (SSSR count). The standard InChI is InChI=1S/C20H28ClN3O/c1-6-14(2)24(13-17-8-7-9-18(21)12-17)20(25)11-10-19-15(3)22-23(5)16(19)4/h7-9,12,14H,6,10-11,13H2,1-5H3. The highest BCUT2D eigenvalue weighted by molar-refractivity contribution is 6.30. The lowest BCUT2D eigenvalue weighted by atomic mass is 10.1. The molecule has 0 fully saturated rings. The summed E-state index contributed by atoms with van der Waals surface area (Å²) < 4.78 is 1.88. The smallest absolute Gasteiger partial charge is 0.223 e. The summed E-state index contributed by atoms with van der Waals surface area (Å²) in [6.07, 6.45) is 2.16. The second kappa shape index (κ2) is 8.52. The molecule has 1 aromatic heterocycles. The highest BCUT2D eigenvalue weighted by Gasteiger charge is 2.20. The van der Waals surface area contributed by atoms with E-state index in [2.05, 4.69) is 25.9 Å². The fourth-order valence-electron chi connectivity index (χ4n) is 3.10. The van der Waals surface area contributed by atoms with Gasteiger partial charge in [-0.25, -0.2) is 0 Å². The maximum absolute atomic E-state index is 12.9. The number of carbonyl (C=O) groups is 1. The zero-order valence-corrected chi connectivity index (χ0v) is 16.6. The minimum Gasteiger partial charge on any atom is -0.336 e. The topological polar surface area (TPSA) is 38.1 Å². The zero-order valence-electron chi connectivity index (χ0n) is 15.8. The van der Waals surface area contributed by atoms with Gasteiger partial charge in [0, 0.05) is 36.8 Å². The van der Waals surface area contributed by atoms with Gasteiger partial charge >= 0.3 is 0 Å². The largest absolute Gasteiger partial charge is 0.336 e. The molecule has 0 N–H and O–H groups in total. The minimum absolute atomic E-state index is 0.178. The van der Waals surface area contributed by atoms with Crippen molar-refractivity contribution in [2.24, 2.45) is 7.05 Å². The van der Waals surface area contributed by atoms with E-state index in [-0.39, 0.29) is 11.9 Å². The van der Waals surface area contributed by atoms with Crippen molar-refractivity contribution < 1.29 is 4.79 Å². The Balaban J connectivity index is 2.10. The van der Waals surface area contributed by atoms with Gasteiger partial charge in [-0.2, -0.15) is 5.10 Å². The second-order valence-electron chi connectivity index (χ2n) is 6.68. The number of benzene rings is 1. The molecular weight excluding hydrogens is 334 g/mol. The summed E-state index contributed by atoms with van der Waals surface area (Å²) in [7, 11) is 1.94. The summed E-state index contributed by atoms with van der Waals surface area (Å²) in [4.78, 5) is 14.9. The Morgan fingerprint density at radius 2 is 2.08 bits per heavy atom. The molecule has 2 aromatic rings. The normalized spacial score (nSPS) is 12.2. The molecule has 0 radical (unpaired) electrons. The fourth-order valence-corrected chi connectivity index (χ4v) is 3.31. The molecule has 136 valence electrons. The van der Waals surface area contributed by atoms with Crippen LogP contribution in [0, 0.1) is 13.8 Å². The molecule has 0 spiro atoms. The molecule has 0 saturated carbocycles. The Bertz CT molecular complexity index is 739. The molecule has 1 amide bonds. The van der Waals surface area contributed by atoms with E-state index in [0.29, 0.717) is 18.0 Å². The molecule has 5 heteroatoms. The van der Waals surface area contributed by atoms with Gasteiger partial charge in [-0.15, -0.1) is 0 Å². The minimum atomic E-state index is 0.178. The Labute approximate surface area is 155 Å². The van der Waals surface area contributed by atoms with Gasteiger partial charge in [0.2, 0.25) is 5.91 Å². The number of hydrogen-bond acceptors (Lipinski definition) is 2. The molecule has 0 aliphatic heterocycles. The van der Waals surface area contributed by atoms with Crippen molar-refractivity contribution in [3.63, 3.8) is 0 Å². The van der Waals surface area contributed by atoms with E-state index in [9.17, 15) is 4.79 Å². The number of rotatable bonds is 7. The number of nitrogens with zero attached hydrogens (tertiary/aromatic N) is 3. The molecule has 0 saturated heterocycles. The van der Waals surface area contributed by atoms with Crippen molar-refractivity contribution in [3.8, 4) is 0 Å². The lowest BCUT2D eigenvalue weighted by Crippen LogP contribution is -2.38. The van der Waals surface area contributed by atoms with E-state index < -0.39 is 0 Å². The fraction of sp³-hybridized carbons (Fsp3) is 0.500. The predicted octanol–water partition coefficient (Wildman–Crippen LogP) is 4.45. The molecule has 1 aromatic carbocycles. The van der Waals surface area contributed by atoms with Crippen LogP contribution in [-0.4, -0.2) is 26.6 Å². The number of carbonyl (C=O) groups excluding carboxylic acids is 1. The Kier molecular flexibility index (Phi) is 6.65. The molecule has 0 bridgehead atoms. The van der Waals surface area contributed by atoms with Crippen molar-refractivity contribution in [3.05, 3.63) is 51.8 Å². The molecular formula is C20H28ClN3O. The number of aromatic nitrogens is 2. The van der Waals surface area contributed by atoms with Crippen molar-refractivity contribution in [1.29, 1.82) is 0 Å². The third kappa shape index (κ3) is 4.85. The molecule has 0 aliphatic carbocycles. The second-order valence-corrected chi connectivity index (χ2v) is 7.12. The van der Waals surface area contributed by atoms with Crippen LogP contribution in [0.25, 0.3) is 0 Å². The first-order valence-corrected chi connectivity index (χ1v) is 9.24. The van der Waals surface area contributed by atoms with Crippen LogP contribution in [0.2, 0.25) is 5.02 Å². The monoisotopic (exact) mass is 361 g/mol. The summed E-state index contributed by atoms with van der Waals surface area (Å²) in [6.45, 7) is 8.87. The first-order valence-electron chi connectivity index (χ1n) is 8.86. The number of amides is 1. The van der Waals surface area contributed by atoms with Crippen molar-refractivity contribution in [1.82, 2.24) is 14.7 Å². The van der Waals surface area contributed by atoms with E-state index >= 15 is 0 Å². The van der Waals surface area contributed by atoms with Gasteiger partial charge < -0.3 is 4.90 Å². The van der Waals surface area contributed by atoms with E-state index in [4.69, 9.17) is 11.6 Å². The molecule has 1 heterocycles. The van der Waals surface area contributed by atoms with Gasteiger partial charge in [0.05, 0.1) is 5.69 Å². The molecule has 1 unspecified atom stereocenters. The Morgan fingerprint density at radius 1 is 1.36 bits per heavy atom. The molecule has 0 aliphatic rings. The maximum Gasteiger partial charge on any atom is 0.223 e. The predicted molar refractivity (Wildman–Crippen MR) is 103 cm³/mol. The van der Waals surface area contributed by atoms with Crippen LogP contribution in [0.5, 0.6) is 0 Å². The number of hydrogen-bond donors (Lipinski definition) is 0. The SMILES string of the molecule is CCC(C)N(Cc1cccc(Cl)c1)C(=O)CCc1c(C)nn(C)c1C. The molecule has 1 atom stereocenters. The Hall–Kier alpha value is -1.81. The van der Waals surface area contributed by atoms with Crippen LogP contribution < -0.4 is 0 Å². The third-order valence-corrected chi connectivity index (χ3v) is 5.17. The van der Waals surface area contributed by atoms with Crippen LogP contribution in [0.4, 0.5) is 0 Å². The highest BCUT2D eigenvalue weighted by atomic mass is 35.5. The third-order valence-electron chi connectivity index (χ3n) is 4.93. The van der Waals surface area contributed by atoms with Crippen LogP contribution in [0.3, 0.4) is 0 Å². The number of halogens is 1. The van der Waals surface area contributed by atoms with Crippen molar-refractivity contribution in [2.45, 2.75) is 59.5 Å². The first kappa shape index (κ1) is 19.5. The quantitative estimate of drug-likeness (QED) is 0.730. The Morgan fingerprint density at radius 3 is 2.64 bits per heavy atom. The lowest BCUT2D eigenvalue weighted by Gasteiger charge is -2.29. The summed E-state index contributed by atoms with van der Waals surface area (Å²) in [6, 6.07) is 7.93. The van der Waals surface area contributed by atoms with Crippen LogP contribution in [0.1, 0.15) is 49.2 Å². The summed E-state index contributed by atoms with van der Waals surface area (Å²) in [5, 5.41) is 5.14. The summed E-state index contributed by atoms with van der Waals surface area (Å²) in [5.74, 6) is 0.178. The average molecular weight is 362 g/mol. The van der Waals surface area contributed by atoms with Gasteiger partial charge in [0.15, 0.2) is 0 Å². The average Bonchev–Trinajstić information content (AvgIpc) is 2.82. The van der Waals surface area contributed by atoms with Gasteiger partial charge in [0.1, 0.15) is 0 Å². The van der Waals surface area contributed by atoms with Crippen LogP contribution in [0.15, 0.2) is 24.3 Å². The van der Waals surface area contributed by atoms with E-state index in [1.807, 2.05) is 47.8 Å². The van der Waals surface area contributed by atoms with Crippen molar-refractivity contribution in [2.75, 3.05) is 0 Å². The first-order chi connectivity index (χ1) is 11.8. The van der Waals surface area contributed by atoms with E-state index in [0.717, 1.165) is 29.8 Å². The molecule has 25 heavy (non-hydrogen) atoms. The van der Waals surface area contributed by atoms with Crippen LogP contribution in [-0.2, 0) is 24.8 Å².